The van der Waals surface area contributed by atoms with Crippen LogP contribution in [0.15, 0.2) is 24.3 Å². The van der Waals surface area contributed by atoms with E-state index in [1.54, 1.807) is 31.3 Å². The second kappa shape index (κ2) is 5.76. The van der Waals surface area contributed by atoms with Gasteiger partial charge in [-0.1, -0.05) is 48.7 Å². The average molecular weight is 297 g/mol. The quantitative estimate of drug-likeness (QED) is 0.802. The summed E-state index contributed by atoms with van der Waals surface area (Å²) in [5.41, 5.74) is 1.63. The molecule has 0 saturated heterocycles. The molecule has 19 heavy (non-hydrogen) atoms. The third kappa shape index (κ3) is 2.67. The molecule has 1 aromatic heterocycles. The number of carbonyl (C=O) groups is 1. The van der Waals surface area contributed by atoms with Crippen LogP contribution in [0.3, 0.4) is 0 Å². The second-order valence-corrected chi connectivity index (χ2v) is 5.06. The number of ketones is 1. The van der Waals surface area contributed by atoms with Crippen molar-refractivity contribution in [3.8, 4) is 0 Å². The number of carbonyl (C=O) groups excluding carboxylic acids is 1. The monoisotopic (exact) mass is 296 g/mol. The first-order valence-corrected chi connectivity index (χ1v) is 6.82. The van der Waals surface area contributed by atoms with Gasteiger partial charge < -0.3 is 0 Å². The summed E-state index contributed by atoms with van der Waals surface area (Å²) in [6, 6.07) is 6.96. The molecule has 0 radical (unpaired) electrons. The second-order valence-electron chi connectivity index (χ2n) is 4.30. The van der Waals surface area contributed by atoms with Crippen molar-refractivity contribution < 1.29 is 4.79 Å². The number of halogens is 2. The van der Waals surface area contributed by atoms with E-state index in [0.717, 1.165) is 12.1 Å². The van der Waals surface area contributed by atoms with Gasteiger partial charge in [0.05, 0.1) is 16.3 Å². The Labute approximate surface area is 122 Å². The maximum Gasteiger partial charge on any atom is 0.199 e. The normalized spacial score (nSPS) is 10.7. The van der Waals surface area contributed by atoms with Crippen molar-refractivity contribution in [2.45, 2.75) is 19.8 Å². The molecule has 0 aliphatic carbocycles. The molecule has 5 heteroatoms. The minimum Gasteiger partial charge on any atom is -0.288 e. The number of benzene rings is 1. The minimum atomic E-state index is -0.174. The molecule has 0 saturated carbocycles. The molecule has 0 amide bonds. The van der Waals surface area contributed by atoms with Gasteiger partial charge in [-0.3, -0.25) is 9.48 Å². The predicted octanol–water partition coefficient (Wildman–Crippen LogP) is 3.91. The topological polar surface area (TPSA) is 34.9 Å². The molecule has 3 nitrogen and oxygen atoms in total. The SMILES string of the molecule is CCCc1nn(C)c(Cl)c1C(=O)c1ccccc1Cl. The average Bonchev–Trinajstić information content (AvgIpc) is 2.65. The van der Waals surface area contributed by atoms with Gasteiger partial charge in [-0.05, 0) is 18.6 Å². The minimum absolute atomic E-state index is 0.174. The molecule has 0 fully saturated rings. The molecule has 0 aliphatic heterocycles. The standard InChI is InChI=1S/C14H14Cl2N2O/c1-3-6-11-12(14(16)18(2)17-11)13(19)9-7-4-5-8-10(9)15/h4-5,7-8H,3,6H2,1-2H3. The van der Waals surface area contributed by atoms with Crippen LogP contribution in [0.1, 0.15) is 35.0 Å². The number of rotatable bonds is 4. The molecular weight excluding hydrogens is 283 g/mol. The van der Waals surface area contributed by atoms with Crippen LogP contribution in [0.2, 0.25) is 10.2 Å². The number of nitrogens with zero attached hydrogens (tertiary/aromatic N) is 2. The number of aromatic nitrogens is 2. The highest BCUT2D eigenvalue weighted by molar-refractivity contribution is 6.37. The van der Waals surface area contributed by atoms with Crippen molar-refractivity contribution in [3.05, 3.63) is 51.3 Å². The zero-order chi connectivity index (χ0) is 14.0. The summed E-state index contributed by atoms with van der Waals surface area (Å²) >= 11 is 12.2. The first kappa shape index (κ1) is 14.1. The van der Waals surface area contributed by atoms with Gasteiger partial charge in [0.25, 0.3) is 0 Å². The van der Waals surface area contributed by atoms with E-state index in [2.05, 4.69) is 5.10 Å². The fourth-order valence-corrected chi connectivity index (χ4v) is 2.43. The van der Waals surface area contributed by atoms with Crippen LogP contribution >= 0.6 is 23.2 Å². The highest BCUT2D eigenvalue weighted by atomic mass is 35.5. The molecule has 2 rings (SSSR count). The predicted molar refractivity (Wildman–Crippen MR) is 77.1 cm³/mol. The van der Waals surface area contributed by atoms with Gasteiger partial charge >= 0.3 is 0 Å². The van der Waals surface area contributed by atoms with Crippen LogP contribution in [0, 0.1) is 0 Å². The van der Waals surface area contributed by atoms with Crippen molar-refractivity contribution in [1.29, 1.82) is 0 Å². The summed E-state index contributed by atoms with van der Waals surface area (Å²) in [4.78, 5) is 12.6. The number of hydrogen-bond donors (Lipinski definition) is 0. The Hall–Kier alpha value is -1.32. The molecule has 0 spiro atoms. The smallest absolute Gasteiger partial charge is 0.199 e. The van der Waals surface area contributed by atoms with Crippen LogP contribution in [0.4, 0.5) is 0 Å². The summed E-state index contributed by atoms with van der Waals surface area (Å²) in [6.07, 6.45) is 1.61. The number of hydrogen-bond acceptors (Lipinski definition) is 2. The lowest BCUT2D eigenvalue weighted by Gasteiger charge is -2.04. The Kier molecular flexibility index (Phi) is 4.27. The van der Waals surface area contributed by atoms with E-state index < -0.39 is 0 Å². The fraction of sp³-hybridized carbons (Fsp3) is 0.286. The lowest BCUT2D eigenvalue weighted by Crippen LogP contribution is -2.05. The fourth-order valence-electron chi connectivity index (χ4n) is 1.97. The molecule has 0 aliphatic rings. The van der Waals surface area contributed by atoms with Crippen molar-refractivity contribution in [1.82, 2.24) is 9.78 Å². The lowest BCUT2D eigenvalue weighted by atomic mass is 10.0. The van der Waals surface area contributed by atoms with Crippen LogP contribution in [-0.4, -0.2) is 15.6 Å². The van der Waals surface area contributed by atoms with Gasteiger partial charge in [0.15, 0.2) is 5.78 Å². The van der Waals surface area contributed by atoms with Crippen molar-refractivity contribution in [3.63, 3.8) is 0 Å². The maximum atomic E-state index is 12.6. The van der Waals surface area contributed by atoms with E-state index in [0.29, 0.717) is 27.7 Å². The van der Waals surface area contributed by atoms with Gasteiger partial charge in [0.2, 0.25) is 0 Å². The van der Waals surface area contributed by atoms with E-state index in [1.807, 2.05) is 6.92 Å². The van der Waals surface area contributed by atoms with Gasteiger partial charge in [-0.25, -0.2) is 0 Å². The van der Waals surface area contributed by atoms with Gasteiger partial charge in [0.1, 0.15) is 5.15 Å². The zero-order valence-corrected chi connectivity index (χ0v) is 12.3. The van der Waals surface area contributed by atoms with E-state index >= 15 is 0 Å². The first-order chi connectivity index (χ1) is 9.06. The molecule has 0 unspecified atom stereocenters. The zero-order valence-electron chi connectivity index (χ0n) is 10.8. The third-order valence-corrected chi connectivity index (χ3v) is 3.65. The largest absolute Gasteiger partial charge is 0.288 e. The highest BCUT2D eigenvalue weighted by Gasteiger charge is 2.23. The summed E-state index contributed by atoms with van der Waals surface area (Å²) in [7, 11) is 1.73. The molecule has 0 N–H and O–H groups in total. The Balaban J connectivity index is 2.53. The summed E-state index contributed by atoms with van der Waals surface area (Å²) in [5, 5.41) is 5.08. The van der Waals surface area contributed by atoms with Crippen molar-refractivity contribution in [2.75, 3.05) is 0 Å². The molecule has 0 atom stereocenters. The summed E-state index contributed by atoms with van der Waals surface area (Å²) in [5.74, 6) is -0.174. The van der Waals surface area contributed by atoms with Gasteiger partial charge in [0, 0.05) is 12.6 Å². The molecule has 2 aromatic rings. The highest BCUT2D eigenvalue weighted by Crippen LogP contribution is 2.26. The van der Waals surface area contributed by atoms with E-state index in [4.69, 9.17) is 23.2 Å². The van der Waals surface area contributed by atoms with Crippen LogP contribution < -0.4 is 0 Å². The van der Waals surface area contributed by atoms with E-state index in [-0.39, 0.29) is 5.78 Å². The van der Waals surface area contributed by atoms with E-state index in [1.165, 1.54) is 4.68 Å². The Morgan fingerprint density at radius 3 is 2.63 bits per heavy atom. The van der Waals surface area contributed by atoms with Crippen molar-refractivity contribution in [2.24, 2.45) is 7.05 Å². The molecule has 1 aromatic carbocycles. The van der Waals surface area contributed by atoms with Gasteiger partial charge in [-0.15, -0.1) is 0 Å². The van der Waals surface area contributed by atoms with E-state index in [9.17, 15) is 4.79 Å². The molecule has 0 bridgehead atoms. The summed E-state index contributed by atoms with van der Waals surface area (Å²) in [6.45, 7) is 2.03. The third-order valence-electron chi connectivity index (χ3n) is 2.88. The Morgan fingerprint density at radius 2 is 2.00 bits per heavy atom. The maximum absolute atomic E-state index is 12.6. The molecular formula is C14H14Cl2N2O. The first-order valence-electron chi connectivity index (χ1n) is 6.06. The van der Waals surface area contributed by atoms with Gasteiger partial charge in [-0.2, -0.15) is 5.10 Å². The van der Waals surface area contributed by atoms with Crippen LogP contribution in [0.5, 0.6) is 0 Å². The van der Waals surface area contributed by atoms with Crippen LogP contribution in [0.25, 0.3) is 0 Å². The molecule has 100 valence electrons. The summed E-state index contributed by atoms with van der Waals surface area (Å²) < 4.78 is 1.52. The lowest BCUT2D eigenvalue weighted by molar-refractivity contribution is 0.103. The Bertz CT molecular complexity index is 620. The molecule has 1 heterocycles. The Morgan fingerprint density at radius 1 is 1.32 bits per heavy atom. The number of aryl methyl sites for hydroxylation is 2. The van der Waals surface area contributed by atoms with Crippen molar-refractivity contribution >= 4 is 29.0 Å². The van der Waals surface area contributed by atoms with Crippen LogP contribution in [-0.2, 0) is 13.5 Å².